The minimum Gasteiger partial charge on any atom is -0.142 e. The van der Waals surface area contributed by atoms with E-state index in [0.29, 0.717) is 0 Å². The topological polar surface area (TPSA) is 0 Å². The van der Waals surface area contributed by atoms with Crippen LogP contribution in [0.25, 0.3) is 10.1 Å². The highest BCUT2D eigenvalue weighted by molar-refractivity contribution is 9.10. The summed E-state index contributed by atoms with van der Waals surface area (Å²) >= 11 is 19.3. The van der Waals surface area contributed by atoms with Crippen molar-refractivity contribution in [3.8, 4) is 0 Å². The molecule has 0 nitrogen and oxygen atoms in total. The highest BCUT2D eigenvalue weighted by atomic mass is 79.9. The molecule has 1 atom stereocenters. The van der Waals surface area contributed by atoms with Crippen molar-refractivity contribution in [2.75, 3.05) is 0 Å². The fourth-order valence-corrected chi connectivity index (χ4v) is 5.02. The molecule has 0 N–H and O–H groups in total. The summed E-state index contributed by atoms with van der Waals surface area (Å²) in [7, 11) is 0. The van der Waals surface area contributed by atoms with E-state index in [1.165, 1.54) is 21.4 Å². The van der Waals surface area contributed by atoms with Gasteiger partial charge in [-0.1, -0.05) is 23.7 Å². The van der Waals surface area contributed by atoms with Crippen molar-refractivity contribution in [1.29, 1.82) is 0 Å². The molecule has 2 aromatic heterocycles. The fraction of sp³-hybridized carbons (Fsp3) is 0.0769. The molecule has 3 rings (SSSR count). The maximum Gasteiger partial charge on any atom is 0.0942 e. The zero-order valence-electron chi connectivity index (χ0n) is 8.99. The molecule has 0 aliphatic carbocycles. The minimum absolute atomic E-state index is 0.134. The van der Waals surface area contributed by atoms with Crippen LogP contribution in [0.1, 0.15) is 15.8 Å². The van der Waals surface area contributed by atoms with Crippen LogP contribution in [0, 0.1) is 0 Å². The second kappa shape index (κ2) is 5.14. The highest BCUT2D eigenvalue weighted by Crippen LogP contribution is 2.42. The molecule has 1 unspecified atom stereocenters. The molecule has 0 aliphatic heterocycles. The summed E-state index contributed by atoms with van der Waals surface area (Å²) in [5, 5.41) is 3.20. The van der Waals surface area contributed by atoms with Crippen molar-refractivity contribution >= 4 is 71.9 Å². The minimum atomic E-state index is -0.134. The Morgan fingerprint density at radius 1 is 1.17 bits per heavy atom. The predicted molar refractivity (Wildman–Crippen MR) is 86.6 cm³/mol. The summed E-state index contributed by atoms with van der Waals surface area (Å²) in [5.41, 5.74) is 1.15. The molecule has 0 bridgehead atoms. The zero-order valence-corrected chi connectivity index (χ0v) is 13.7. The number of hydrogen-bond donors (Lipinski definition) is 0. The van der Waals surface area contributed by atoms with Gasteiger partial charge in [-0.25, -0.2) is 0 Å². The van der Waals surface area contributed by atoms with Gasteiger partial charge in [0.15, 0.2) is 0 Å². The monoisotopic (exact) mass is 376 g/mol. The average Bonchev–Trinajstić information content (AvgIpc) is 2.95. The molecule has 0 spiro atoms. The molecule has 5 heteroatoms. The molecule has 18 heavy (non-hydrogen) atoms. The van der Waals surface area contributed by atoms with Crippen molar-refractivity contribution in [2.45, 2.75) is 5.38 Å². The van der Waals surface area contributed by atoms with E-state index < -0.39 is 0 Å². The first-order chi connectivity index (χ1) is 8.66. The van der Waals surface area contributed by atoms with Crippen LogP contribution >= 0.6 is 61.8 Å². The van der Waals surface area contributed by atoms with Gasteiger partial charge in [0.25, 0.3) is 0 Å². The van der Waals surface area contributed by atoms with Crippen molar-refractivity contribution in [1.82, 2.24) is 0 Å². The van der Waals surface area contributed by atoms with E-state index in [4.69, 9.17) is 23.2 Å². The van der Waals surface area contributed by atoms with Crippen LogP contribution in [-0.4, -0.2) is 0 Å². The molecule has 1 aromatic carbocycles. The number of hydrogen-bond acceptors (Lipinski definition) is 2. The summed E-state index contributed by atoms with van der Waals surface area (Å²) < 4.78 is 3.13. The Hall–Kier alpha value is -0.0600. The number of halogens is 3. The maximum atomic E-state index is 6.56. The third kappa shape index (κ3) is 2.23. The van der Waals surface area contributed by atoms with Gasteiger partial charge in [0.1, 0.15) is 0 Å². The summed E-state index contributed by atoms with van der Waals surface area (Å²) in [6, 6.07) is 10.1. The van der Waals surface area contributed by atoms with Crippen LogP contribution in [0.4, 0.5) is 0 Å². The lowest BCUT2D eigenvalue weighted by Crippen LogP contribution is -1.87. The van der Waals surface area contributed by atoms with Gasteiger partial charge in [-0.05, 0) is 50.5 Å². The summed E-state index contributed by atoms with van der Waals surface area (Å²) in [4.78, 5) is 1.08. The smallest absolute Gasteiger partial charge is 0.0942 e. The van der Waals surface area contributed by atoms with E-state index >= 15 is 0 Å². The van der Waals surface area contributed by atoms with Crippen molar-refractivity contribution in [2.24, 2.45) is 0 Å². The Morgan fingerprint density at radius 2 is 2.00 bits per heavy atom. The van der Waals surface area contributed by atoms with Gasteiger partial charge in [0.2, 0.25) is 0 Å². The normalized spacial score (nSPS) is 13.1. The standard InChI is InChI=1S/C13H7BrCl2S2/c14-9-3-1-2-7-8(6-17-13(7)9)12(16)10-4-5-11(15)18-10/h1-6,12H. The number of benzene rings is 1. The Kier molecular flexibility index (Phi) is 3.70. The molecule has 2 heterocycles. The summed E-state index contributed by atoms with van der Waals surface area (Å²) in [6.07, 6.45) is 0. The third-order valence-electron chi connectivity index (χ3n) is 2.70. The first-order valence-corrected chi connectivity index (χ1v) is 8.52. The van der Waals surface area contributed by atoms with E-state index in [-0.39, 0.29) is 5.38 Å². The third-order valence-corrected chi connectivity index (χ3v) is 6.56. The van der Waals surface area contributed by atoms with Crippen molar-refractivity contribution in [3.63, 3.8) is 0 Å². The van der Waals surface area contributed by atoms with Gasteiger partial charge in [-0.3, -0.25) is 0 Å². The van der Waals surface area contributed by atoms with E-state index in [2.05, 4.69) is 27.4 Å². The first-order valence-electron chi connectivity index (χ1n) is 5.21. The highest BCUT2D eigenvalue weighted by Gasteiger charge is 2.17. The lowest BCUT2D eigenvalue weighted by Gasteiger charge is -2.06. The SMILES string of the molecule is Clc1ccc(C(Cl)c2csc3c(Br)cccc23)s1. The van der Waals surface area contributed by atoms with Crippen molar-refractivity contribution in [3.05, 3.63) is 55.0 Å². The Balaban J connectivity index is 2.12. The van der Waals surface area contributed by atoms with E-state index in [9.17, 15) is 0 Å². The van der Waals surface area contributed by atoms with Crippen LogP contribution < -0.4 is 0 Å². The molecule has 0 amide bonds. The van der Waals surface area contributed by atoms with Crippen LogP contribution in [0.5, 0.6) is 0 Å². The predicted octanol–water partition coefficient (Wildman–Crippen LogP) is 6.71. The lowest BCUT2D eigenvalue weighted by molar-refractivity contribution is 1.22. The largest absolute Gasteiger partial charge is 0.142 e. The van der Waals surface area contributed by atoms with Crippen LogP contribution in [-0.2, 0) is 0 Å². The van der Waals surface area contributed by atoms with Crippen LogP contribution in [0.3, 0.4) is 0 Å². The molecule has 0 saturated carbocycles. The van der Waals surface area contributed by atoms with Gasteiger partial charge in [0.05, 0.1) is 9.71 Å². The average molecular weight is 378 g/mol. The Labute approximate surface area is 131 Å². The number of fused-ring (bicyclic) bond motifs is 1. The van der Waals surface area contributed by atoms with E-state index in [0.717, 1.165) is 19.2 Å². The molecule has 0 saturated heterocycles. The molecule has 0 aliphatic rings. The van der Waals surface area contributed by atoms with Crippen LogP contribution in [0.2, 0.25) is 4.34 Å². The molecule has 0 radical (unpaired) electrons. The number of alkyl halides is 1. The molecule has 0 fully saturated rings. The molecule has 3 aromatic rings. The van der Waals surface area contributed by atoms with Gasteiger partial charge < -0.3 is 0 Å². The molecular formula is C13H7BrCl2S2. The van der Waals surface area contributed by atoms with E-state index in [1.807, 2.05) is 24.3 Å². The van der Waals surface area contributed by atoms with Gasteiger partial charge >= 0.3 is 0 Å². The van der Waals surface area contributed by atoms with Gasteiger partial charge in [-0.2, -0.15) is 0 Å². The summed E-state index contributed by atoms with van der Waals surface area (Å²) in [6.45, 7) is 0. The quantitative estimate of drug-likeness (QED) is 0.435. The lowest BCUT2D eigenvalue weighted by atomic mass is 10.1. The fourth-order valence-electron chi connectivity index (χ4n) is 1.86. The zero-order chi connectivity index (χ0) is 12.7. The molecular weight excluding hydrogens is 371 g/mol. The maximum absolute atomic E-state index is 6.56. The Bertz CT molecular complexity index is 702. The van der Waals surface area contributed by atoms with Crippen LogP contribution in [0.15, 0.2) is 40.2 Å². The second-order valence-corrected chi connectivity index (χ2v) is 7.73. The number of rotatable bonds is 2. The number of thiophene rings is 2. The van der Waals surface area contributed by atoms with Gasteiger partial charge in [0, 0.05) is 14.0 Å². The summed E-state index contributed by atoms with van der Waals surface area (Å²) in [5.74, 6) is 0. The Morgan fingerprint density at radius 3 is 2.72 bits per heavy atom. The van der Waals surface area contributed by atoms with E-state index in [1.54, 1.807) is 11.3 Å². The van der Waals surface area contributed by atoms with Crippen molar-refractivity contribution < 1.29 is 0 Å². The first kappa shape index (κ1) is 12.9. The second-order valence-electron chi connectivity index (χ2n) is 3.81. The van der Waals surface area contributed by atoms with Gasteiger partial charge in [-0.15, -0.1) is 34.3 Å². The molecule has 92 valence electrons.